The van der Waals surface area contributed by atoms with Crippen LogP contribution in [0, 0.1) is 17.2 Å². The number of nitrogens with zero attached hydrogens (tertiary/aromatic N) is 1. The van der Waals surface area contributed by atoms with Gasteiger partial charge in [-0.1, -0.05) is 0 Å². The number of carboxylic acid groups (broad SMARTS) is 1. The number of aromatic hydroxyl groups is 2. The van der Waals surface area contributed by atoms with Crippen molar-refractivity contribution in [2.24, 2.45) is 5.92 Å². The van der Waals surface area contributed by atoms with Crippen LogP contribution in [0.25, 0.3) is 0 Å². The maximum Gasteiger partial charge on any atom is 0.307 e. The first-order valence-corrected chi connectivity index (χ1v) is 5.45. The SMILES string of the molecule is N#Cc1cc(C2CC(C(=O)O)CN2)c(O)cc1O. The highest BCUT2D eigenvalue weighted by Gasteiger charge is 2.31. The average molecular weight is 248 g/mol. The maximum atomic E-state index is 10.8. The van der Waals surface area contributed by atoms with Gasteiger partial charge in [-0.3, -0.25) is 4.79 Å². The van der Waals surface area contributed by atoms with Gasteiger partial charge in [-0.15, -0.1) is 0 Å². The number of phenolic OH excluding ortho intramolecular Hbond substituents is 2. The van der Waals surface area contributed by atoms with E-state index >= 15 is 0 Å². The number of aliphatic carboxylic acids is 1. The van der Waals surface area contributed by atoms with Crippen LogP contribution in [0.3, 0.4) is 0 Å². The first-order chi connectivity index (χ1) is 8.52. The third-order valence-corrected chi connectivity index (χ3v) is 3.12. The van der Waals surface area contributed by atoms with Crippen molar-refractivity contribution in [2.75, 3.05) is 6.54 Å². The Morgan fingerprint density at radius 3 is 2.67 bits per heavy atom. The summed E-state index contributed by atoms with van der Waals surface area (Å²) in [6.45, 7) is 0.322. The van der Waals surface area contributed by atoms with Crippen molar-refractivity contribution in [3.05, 3.63) is 23.3 Å². The molecule has 2 atom stereocenters. The summed E-state index contributed by atoms with van der Waals surface area (Å²) >= 11 is 0. The summed E-state index contributed by atoms with van der Waals surface area (Å²) < 4.78 is 0. The molecule has 0 aliphatic carbocycles. The predicted octanol–water partition coefficient (Wildman–Crippen LogP) is 0.705. The van der Waals surface area contributed by atoms with E-state index < -0.39 is 11.9 Å². The zero-order valence-corrected chi connectivity index (χ0v) is 9.42. The smallest absolute Gasteiger partial charge is 0.307 e. The van der Waals surface area contributed by atoms with Gasteiger partial charge in [0.25, 0.3) is 0 Å². The number of nitrogens with one attached hydrogen (secondary N) is 1. The minimum Gasteiger partial charge on any atom is -0.507 e. The molecule has 6 nitrogen and oxygen atoms in total. The number of phenols is 2. The highest BCUT2D eigenvalue weighted by molar-refractivity contribution is 5.71. The van der Waals surface area contributed by atoms with Crippen LogP contribution in [0.4, 0.5) is 0 Å². The topological polar surface area (TPSA) is 114 Å². The molecule has 0 amide bonds. The Bertz CT molecular complexity index is 536. The first kappa shape index (κ1) is 12.2. The molecule has 1 fully saturated rings. The highest BCUT2D eigenvalue weighted by atomic mass is 16.4. The molecule has 94 valence electrons. The first-order valence-electron chi connectivity index (χ1n) is 5.45. The van der Waals surface area contributed by atoms with Crippen LogP contribution in [0.2, 0.25) is 0 Å². The van der Waals surface area contributed by atoms with Gasteiger partial charge >= 0.3 is 5.97 Å². The molecule has 0 bridgehead atoms. The number of rotatable bonds is 2. The second-order valence-corrected chi connectivity index (χ2v) is 4.27. The summed E-state index contributed by atoms with van der Waals surface area (Å²) in [6.07, 6.45) is 0.346. The van der Waals surface area contributed by atoms with Crippen molar-refractivity contribution in [3.63, 3.8) is 0 Å². The summed E-state index contributed by atoms with van der Waals surface area (Å²) in [6, 6.07) is 3.98. The Kier molecular flexibility index (Phi) is 3.08. The highest BCUT2D eigenvalue weighted by Crippen LogP contribution is 2.36. The molecule has 0 aromatic heterocycles. The van der Waals surface area contributed by atoms with Crippen molar-refractivity contribution in [3.8, 4) is 17.6 Å². The molecular formula is C12H12N2O4. The Morgan fingerprint density at radius 1 is 1.39 bits per heavy atom. The van der Waals surface area contributed by atoms with Gasteiger partial charge in [0.05, 0.1) is 11.5 Å². The lowest BCUT2D eigenvalue weighted by atomic mass is 9.97. The van der Waals surface area contributed by atoms with Gasteiger partial charge in [-0.2, -0.15) is 5.26 Å². The second kappa shape index (κ2) is 4.55. The van der Waals surface area contributed by atoms with Gasteiger partial charge in [0.1, 0.15) is 17.6 Å². The Labute approximate surface area is 103 Å². The monoisotopic (exact) mass is 248 g/mol. The largest absolute Gasteiger partial charge is 0.507 e. The second-order valence-electron chi connectivity index (χ2n) is 4.27. The van der Waals surface area contributed by atoms with Crippen LogP contribution >= 0.6 is 0 Å². The number of carbonyl (C=O) groups is 1. The molecule has 2 rings (SSSR count). The Hall–Kier alpha value is -2.26. The van der Waals surface area contributed by atoms with E-state index in [1.165, 1.54) is 6.07 Å². The average Bonchev–Trinajstić information content (AvgIpc) is 2.78. The van der Waals surface area contributed by atoms with Crippen LogP contribution in [0.15, 0.2) is 12.1 Å². The van der Waals surface area contributed by atoms with Gasteiger partial charge in [-0.05, 0) is 12.5 Å². The van der Waals surface area contributed by atoms with Crippen molar-refractivity contribution in [1.82, 2.24) is 5.32 Å². The third kappa shape index (κ3) is 2.08. The molecule has 1 aromatic rings. The van der Waals surface area contributed by atoms with Crippen LogP contribution in [-0.4, -0.2) is 27.8 Å². The molecule has 1 aliphatic heterocycles. The Balaban J connectivity index is 2.30. The number of hydrogen-bond acceptors (Lipinski definition) is 5. The van der Waals surface area contributed by atoms with Crippen molar-refractivity contribution < 1.29 is 20.1 Å². The molecule has 1 aromatic carbocycles. The van der Waals surface area contributed by atoms with Crippen LogP contribution in [0.5, 0.6) is 11.5 Å². The van der Waals surface area contributed by atoms with Crippen LogP contribution < -0.4 is 5.32 Å². The van der Waals surface area contributed by atoms with E-state index in [1.807, 2.05) is 6.07 Å². The van der Waals surface area contributed by atoms with E-state index in [0.29, 0.717) is 18.5 Å². The molecule has 2 unspecified atom stereocenters. The van der Waals surface area contributed by atoms with E-state index in [2.05, 4.69) is 5.32 Å². The molecule has 18 heavy (non-hydrogen) atoms. The van der Waals surface area contributed by atoms with Gasteiger partial charge in [0.2, 0.25) is 0 Å². The number of nitriles is 1. The lowest BCUT2D eigenvalue weighted by Crippen LogP contribution is -2.17. The quantitative estimate of drug-likeness (QED) is 0.612. The fraction of sp³-hybridized carbons (Fsp3) is 0.333. The van der Waals surface area contributed by atoms with Crippen molar-refractivity contribution in [1.29, 1.82) is 5.26 Å². The number of carboxylic acids is 1. The molecule has 6 heteroatoms. The standard InChI is InChI=1S/C12H12N2O4/c13-4-6-1-8(11(16)3-10(6)15)9-2-7(5-14-9)12(17)18/h1,3,7,9,14-16H,2,5H2,(H,17,18). The van der Waals surface area contributed by atoms with E-state index in [1.54, 1.807) is 0 Å². The summed E-state index contributed by atoms with van der Waals surface area (Å²) in [5, 5.41) is 39.8. The number of benzene rings is 1. The van der Waals surface area contributed by atoms with E-state index in [9.17, 15) is 15.0 Å². The normalized spacial score (nSPS) is 22.6. The fourth-order valence-electron chi connectivity index (χ4n) is 2.12. The van der Waals surface area contributed by atoms with Gasteiger partial charge in [0, 0.05) is 24.2 Å². The van der Waals surface area contributed by atoms with E-state index in [0.717, 1.165) is 6.07 Å². The van der Waals surface area contributed by atoms with E-state index in [4.69, 9.17) is 10.4 Å². The maximum absolute atomic E-state index is 10.8. The molecule has 4 N–H and O–H groups in total. The zero-order valence-electron chi connectivity index (χ0n) is 9.42. The lowest BCUT2D eigenvalue weighted by molar-refractivity contribution is -0.141. The van der Waals surface area contributed by atoms with Gasteiger partial charge < -0.3 is 20.6 Å². The van der Waals surface area contributed by atoms with Crippen molar-refractivity contribution in [2.45, 2.75) is 12.5 Å². The summed E-state index contributed by atoms with van der Waals surface area (Å²) in [5.74, 6) is -1.82. The molecule has 0 spiro atoms. The van der Waals surface area contributed by atoms with Crippen LogP contribution in [-0.2, 0) is 4.79 Å². The minimum absolute atomic E-state index is 0.0587. The predicted molar refractivity (Wildman–Crippen MR) is 61.0 cm³/mol. The minimum atomic E-state index is -0.885. The summed E-state index contributed by atoms with van der Waals surface area (Å²) in [5.41, 5.74) is 0.497. The van der Waals surface area contributed by atoms with Crippen molar-refractivity contribution >= 4 is 5.97 Å². The third-order valence-electron chi connectivity index (χ3n) is 3.12. The molecule has 1 heterocycles. The summed E-state index contributed by atoms with van der Waals surface area (Å²) in [7, 11) is 0. The molecule has 0 radical (unpaired) electrons. The molecule has 1 aliphatic rings. The van der Waals surface area contributed by atoms with E-state index in [-0.39, 0.29) is 23.1 Å². The summed E-state index contributed by atoms with van der Waals surface area (Å²) in [4.78, 5) is 10.8. The molecule has 1 saturated heterocycles. The van der Waals surface area contributed by atoms with Crippen LogP contribution in [0.1, 0.15) is 23.6 Å². The molecule has 0 saturated carbocycles. The number of hydrogen-bond donors (Lipinski definition) is 4. The molecular weight excluding hydrogens is 236 g/mol. The fourth-order valence-corrected chi connectivity index (χ4v) is 2.12. The lowest BCUT2D eigenvalue weighted by Gasteiger charge is -2.13. The van der Waals surface area contributed by atoms with Gasteiger partial charge in [0.15, 0.2) is 0 Å². The van der Waals surface area contributed by atoms with Gasteiger partial charge in [-0.25, -0.2) is 0 Å². The zero-order chi connectivity index (χ0) is 13.3. The Morgan fingerprint density at radius 2 is 2.11 bits per heavy atom.